The van der Waals surface area contributed by atoms with E-state index in [2.05, 4.69) is 69.8 Å². The van der Waals surface area contributed by atoms with Crippen molar-refractivity contribution in [3.8, 4) is 11.3 Å². The van der Waals surface area contributed by atoms with Crippen LogP contribution in [0.5, 0.6) is 0 Å². The fourth-order valence-electron chi connectivity index (χ4n) is 2.89. The third kappa shape index (κ3) is 3.83. The highest BCUT2D eigenvalue weighted by atomic mass is 28.3. The molecule has 2 heterocycles. The summed E-state index contributed by atoms with van der Waals surface area (Å²) in [7, 11) is -1.37. The molecule has 0 aromatic carbocycles. The van der Waals surface area contributed by atoms with Crippen LogP contribution in [0, 0.1) is 19.8 Å². The van der Waals surface area contributed by atoms with E-state index in [4.69, 9.17) is 4.98 Å². The lowest BCUT2D eigenvalue weighted by atomic mass is 10.0. The monoisotopic (exact) mass is 312 g/mol. The van der Waals surface area contributed by atoms with Gasteiger partial charge in [0.25, 0.3) is 0 Å². The van der Waals surface area contributed by atoms with Gasteiger partial charge in [0.05, 0.1) is 13.8 Å². The largest absolute Gasteiger partial charge is 0.258 e. The first kappa shape index (κ1) is 16.9. The van der Waals surface area contributed by atoms with Gasteiger partial charge in [-0.3, -0.25) is 9.97 Å². The Morgan fingerprint density at radius 3 is 2.32 bits per heavy atom. The Morgan fingerprint density at radius 1 is 1.09 bits per heavy atom. The summed E-state index contributed by atoms with van der Waals surface area (Å²) >= 11 is 0. The van der Waals surface area contributed by atoms with Crippen molar-refractivity contribution in [1.29, 1.82) is 0 Å². The average Bonchev–Trinajstić information content (AvgIpc) is 2.36. The summed E-state index contributed by atoms with van der Waals surface area (Å²) in [6.45, 7) is 15.9. The molecule has 0 spiro atoms. The third-order valence-corrected chi connectivity index (χ3v) is 5.99. The Balaban J connectivity index is 2.55. The second-order valence-electron chi connectivity index (χ2n) is 7.66. The van der Waals surface area contributed by atoms with Gasteiger partial charge in [-0.25, -0.2) is 0 Å². The van der Waals surface area contributed by atoms with Crippen molar-refractivity contribution >= 4 is 13.3 Å². The van der Waals surface area contributed by atoms with E-state index < -0.39 is 8.07 Å². The molecule has 2 aromatic heterocycles. The summed E-state index contributed by atoms with van der Waals surface area (Å²) in [5, 5.41) is 1.49. The van der Waals surface area contributed by atoms with Crippen LogP contribution in [0.25, 0.3) is 11.3 Å². The number of hydrogen-bond donors (Lipinski definition) is 0. The maximum Gasteiger partial charge on any atom is 0.0799 e. The number of aromatic nitrogens is 2. The lowest BCUT2D eigenvalue weighted by Gasteiger charge is -2.22. The predicted octanol–water partition coefficient (Wildman–Crippen LogP) is 4.50. The van der Waals surface area contributed by atoms with Crippen LogP contribution >= 0.6 is 0 Å². The molecule has 0 atom stereocenters. The van der Waals surface area contributed by atoms with Crippen molar-refractivity contribution < 1.29 is 0 Å². The van der Waals surface area contributed by atoms with Crippen LogP contribution in [0.1, 0.15) is 30.8 Å². The van der Waals surface area contributed by atoms with Crippen LogP contribution < -0.4 is 5.19 Å². The Hall–Kier alpha value is -1.48. The van der Waals surface area contributed by atoms with E-state index in [1.165, 1.54) is 10.8 Å². The lowest BCUT2D eigenvalue weighted by molar-refractivity contribution is 0.649. The molecule has 118 valence electrons. The summed E-state index contributed by atoms with van der Waals surface area (Å²) < 4.78 is 0. The molecule has 3 heteroatoms. The van der Waals surface area contributed by atoms with E-state index in [1.807, 2.05) is 6.92 Å². The zero-order valence-corrected chi connectivity index (χ0v) is 16.0. The molecule has 0 saturated heterocycles. The third-order valence-electron chi connectivity index (χ3n) is 3.93. The number of pyridine rings is 2. The van der Waals surface area contributed by atoms with Gasteiger partial charge in [-0.15, -0.1) is 0 Å². The van der Waals surface area contributed by atoms with E-state index in [-0.39, 0.29) is 0 Å². The molecule has 0 N–H and O–H groups in total. The number of nitrogens with zero attached hydrogens (tertiary/aromatic N) is 2. The van der Waals surface area contributed by atoms with Crippen molar-refractivity contribution in [3.63, 3.8) is 0 Å². The summed E-state index contributed by atoms with van der Waals surface area (Å²) in [6.07, 6.45) is 3.24. The van der Waals surface area contributed by atoms with Crippen LogP contribution in [-0.2, 0) is 6.42 Å². The highest BCUT2D eigenvalue weighted by Gasteiger charge is 2.22. The maximum atomic E-state index is 4.77. The molecule has 0 unspecified atom stereocenters. The second kappa shape index (κ2) is 6.33. The van der Waals surface area contributed by atoms with Gasteiger partial charge in [0.1, 0.15) is 0 Å². The van der Waals surface area contributed by atoms with Crippen LogP contribution in [0.4, 0.5) is 0 Å². The number of hydrogen-bond acceptors (Lipinski definition) is 2. The van der Waals surface area contributed by atoms with Crippen molar-refractivity contribution in [1.82, 2.24) is 9.97 Å². The summed E-state index contributed by atoms with van der Waals surface area (Å²) in [4.78, 5) is 9.35. The van der Waals surface area contributed by atoms with Gasteiger partial charge >= 0.3 is 0 Å². The molecule has 2 aromatic rings. The van der Waals surface area contributed by atoms with Gasteiger partial charge in [0.2, 0.25) is 0 Å². The van der Waals surface area contributed by atoms with Gasteiger partial charge in [0, 0.05) is 23.1 Å². The average molecular weight is 313 g/mol. The minimum Gasteiger partial charge on any atom is -0.258 e. The van der Waals surface area contributed by atoms with Gasteiger partial charge in [-0.05, 0) is 55.1 Å². The SMILES string of the molecule is Cc1ccc(-c2cc(CC(C)C)c([Si](C)(C)C)cn2)c(C)n1. The standard InChI is InChI=1S/C19H28N2Si/c1-13(2)10-16-11-18(20-12-19(16)22(5,6)7)17-9-8-14(3)21-15(17)4/h8-9,11-13H,10H2,1-7H3. The Bertz CT molecular complexity index is 670. The minimum absolute atomic E-state index is 0.655. The van der Waals surface area contributed by atoms with Crippen LogP contribution in [0.2, 0.25) is 19.6 Å². The van der Waals surface area contributed by atoms with Crippen LogP contribution in [0.15, 0.2) is 24.4 Å². The molecule has 0 bridgehead atoms. The Labute approximate surface area is 136 Å². The second-order valence-corrected chi connectivity index (χ2v) is 12.7. The number of rotatable bonds is 4. The highest BCUT2D eigenvalue weighted by Crippen LogP contribution is 2.23. The maximum absolute atomic E-state index is 4.77. The lowest BCUT2D eigenvalue weighted by Crippen LogP contribution is -2.40. The van der Waals surface area contributed by atoms with Crippen molar-refractivity contribution in [2.75, 3.05) is 0 Å². The zero-order valence-electron chi connectivity index (χ0n) is 15.0. The molecule has 0 saturated carbocycles. The quantitative estimate of drug-likeness (QED) is 0.777. The molecule has 0 radical (unpaired) electrons. The van der Waals surface area contributed by atoms with E-state index in [0.29, 0.717) is 5.92 Å². The molecule has 0 aliphatic carbocycles. The smallest absolute Gasteiger partial charge is 0.0799 e. The molecule has 0 aliphatic rings. The Morgan fingerprint density at radius 2 is 1.77 bits per heavy atom. The van der Waals surface area contributed by atoms with Crippen molar-refractivity contribution in [2.45, 2.75) is 53.8 Å². The molecular formula is C19H28N2Si. The fourth-order valence-corrected chi connectivity index (χ4v) is 4.48. The molecule has 2 rings (SSSR count). The summed E-state index contributed by atoms with van der Waals surface area (Å²) in [6, 6.07) is 6.51. The first-order valence-electron chi connectivity index (χ1n) is 8.12. The summed E-state index contributed by atoms with van der Waals surface area (Å²) in [5.74, 6) is 0.655. The molecule has 0 fully saturated rings. The van der Waals surface area contributed by atoms with E-state index in [0.717, 1.165) is 29.1 Å². The van der Waals surface area contributed by atoms with Gasteiger partial charge in [-0.2, -0.15) is 0 Å². The molecular weight excluding hydrogens is 284 g/mol. The molecule has 0 aliphatic heterocycles. The van der Waals surface area contributed by atoms with Crippen LogP contribution in [0.3, 0.4) is 0 Å². The van der Waals surface area contributed by atoms with Crippen LogP contribution in [-0.4, -0.2) is 18.0 Å². The predicted molar refractivity (Wildman–Crippen MR) is 98.5 cm³/mol. The Kier molecular flexibility index (Phi) is 4.86. The minimum atomic E-state index is -1.37. The normalized spacial score (nSPS) is 12.0. The van der Waals surface area contributed by atoms with Gasteiger partial charge in [0.15, 0.2) is 0 Å². The zero-order chi connectivity index (χ0) is 16.5. The van der Waals surface area contributed by atoms with Crippen molar-refractivity contribution in [2.24, 2.45) is 5.92 Å². The van der Waals surface area contributed by atoms with E-state index in [1.54, 1.807) is 0 Å². The fraction of sp³-hybridized carbons (Fsp3) is 0.474. The molecule has 2 nitrogen and oxygen atoms in total. The van der Waals surface area contributed by atoms with E-state index in [9.17, 15) is 0 Å². The first-order chi connectivity index (χ1) is 10.2. The first-order valence-corrected chi connectivity index (χ1v) is 11.6. The van der Waals surface area contributed by atoms with E-state index >= 15 is 0 Å². The highest BCUT2D eigenvalue weighted by molar-refractivity contribution is 6.89. The number of aryl methyl sites for hydroxylation is 2. The summed E-state index contributed by atoms with van der Waals surface area (Å²) in [5.41, 5.74) is 5.80. The van der Waals surface area contributed by atoms with Gasteiger partial charge < -0.3 is 0 Å². The topological polar surface area (TPSA) is 25.8 Å². The van der Waals surface area contributed by atoms with Gasteiger partial charge in [-0.1, -0.05) is 33.5 Å². The molecule has 0 amide bonds. The van der Waals surface area contributed by atoms with Crippen molar-refractivity contribution in [3.05, 3.63) is 41.3 Å². The molecule has 22 heavy (non-hydrogen) atoms.